The Bertz CT molecular complexity index is 395. The number of hydrogen-bond donors (Lipinski definition) is 0. The van der Waals surface area contributed by atoms with Gasteiger partial charge >= 0.3 is 0 Å². The van der Waals surface area contributed by atoms with Gasteiger partial charge in [0.1, 0.15) is 5.60 Å². The Balaban J connectivity index is 2.07. The first kappa shape index (κ1) is 11.6. The van der Waals surface area contributed by atoms with Crippen molar-refractivity contribution in [2.24, 2.45) is 5.92 Å². The molecule has 0 spiro atoms. The molecule has 2 nitrogen and oxygen atoms in total. The molecule has 1 aromatic carbocycles. The summed E-state index contributed by atoms with van der Waals surface area (Å²) in [5.74, 6) is 0.179. The Labute approximate surface area is 101 Å². The topological polar surface area (TPSA) is 26.3 Å². The van der Waals surface area contributed by atoms with Gasteiger partial charge in [-0.05, 0) is 38.0 Å². The highest BCUT2D eigenvalue weighted by atomic mass is 35.5. The molecule has 1 unspecified atom stereocenters. The number of ketones is 1. The van der Waals surface area contributed by atoms with Crippen molar-refractivity contribution in [3.05, 3.63) is 34.9 Å². The molecule has 1 atom stereocenters. The molecular weight excluding hydrogens is 224 g/mol. The third kappa shape index (κ3) is 2.28. The van der Waals surface area contributed by atoms with Crippen LogP contribution >= 0.6 is 11.6 Å². The number of carbonyl (C=O) groups is 1. The van der Waals surface area contributed by atoms with Gasteiger partial charge in [-0.25, -0.2) is 0 Å². The summed E-state index contributed by atoms with van der Waals surface area (Å²) in [6.45, 7) is 4.18. The third-order valence-electron chi connectivity index (χ3n) is 3.00. The van der Waals surface area contributed by atoms with Crippen molar-refractivity contribution < 1.29 is 9.53 Å². The minimum absolute atomic E-state index is 0.0174. The van der Waals surface area contributed by atoms with Gasteiger partial charge in [0.25, 0.3) is 0 Å². The van der Waals surface area contributed by atoms with Gasteiger partial charge in [0, 0.05) is 10.9 Å². The Hall–Kier alpha value is -0.860. The maximum Gasteiger partial charge on any atom is 0.169 e. The average Bonchev–Trinajstić information content (AvgIpc) is 2.49. The standard InChI is InChI=1S/C13H15ClO2/c1-13(2)12(15)10(8-16-13)7-9-3-5-11(14)6-4-9/h3-6,10H,7-8H2,1-2H3. The smallest absolute Gasteiger partial charge is 0.169 e. The lowest BCUT2D eigenvalue weighted by Gasteiger charge is -2.14. The van der Waals surface area contributed by atoms with Crippen LogP contribution in [0.3, 0.4) is 0 Å². The molecule has 0 N–H and O–H groups in total. The highest BCUT2D eigenvalue weighted by Crippen LogP contribution is 2.28. The quantitative estimate of drug-likeness (QED) is 0.792. The summed E-state index contributed by atoms with van der Waals surface area (Å²) in [5.41, 5.74) is 0.515. The zero-order chi connectivity index (χ0) is 11.8. The first-order valence-corrected chi connectivity index (χ1v) is 5.79. The van der Waals surface area contributed by atoms with Gasteiger partial charge in [0.05, 0.1) is 6.61 Å². The number of carbonyl (C=O) groups excluding carboxylic acids is 1. The molecule has 0 bridgehead atoms. The lowest BCUT2D eigenvalue weighted by molar-refractivity contribution is -0.130. The monoisotopic (exact) mass is 238 g/mol. The lowest BCUT2D eigenvalue weighted by atomic mass is 9.91. The second-order valence-corrected chi connectivity index (χ2v) is 5.15. The highest BCUT2D eigenvalue weighted by molar-refractivity contribution is 6.30. The van der Waals surface area contributed by atoms with Gasteiger partial charge in [0.2, 0.25) is 0 Å². The lowest BCUT2D eigenvalue weighted by Crippen LogP contribution is -2.30. The minimum atomic E-state index is -0.614. The van der Waals surface area contributed by atoms with Crippen LogP contribution in [0.25, 0.3) is 0 Å². The zero-order valence-electron chi connectivity index (χ0n) is 9.50. The predicted molar refractivity (Wildman–Crippen MR) is 63.7 cm³/mol. The summed E-state index contributed by atoms with van der Waals surface area (Å²) in [4.78, 5) is 11.9. The molecular formula is C13H15ClO2. The summed E-state index contributed by atoms with van der Waals surface area (Å²) in [7, 11) is 0. The van der Waals surface area contributed by atoms with E-state index in [1.807, 2.05) is 38.1 Å². The van der Waals surface area contributed by atoms with Gasteiger partial charge in [-0.2, -0.15) is 0 Å². The highest BCUT2D eigenvalue weighted by Gasteiger charge is 2.41. The summed E-state index contributed by atoms with van der Waals surface area (Å²) >= 11 is 5.81. The molecule has 0 aliphatic carbocycles. The summed E-state index contributed by atoms with van der Waals surface area (Å²) in [6, 6.07) is 7.62. The van der Waals surface area contributed by atoms with E-state index in [-0.39, 0.29) is 11.7 Å². The molecule has 1 aliphatic rings. The minimum Gasteiger partial charge on any atom is -0.367 e. The van der Waals surface area contributed by atoms with E-state index in [2.05, 4.69) is 0 Å². The molecule has 0 amide bonds. The fourth-order valence-corrected chi connectivity index (χ4v) is 2.13. The number of benzene rings is 1. The first-order chi connectivity index (χ1) is 7.49. The largest absolute Gasteiger partial charge is 0.367 e. The molecule has 2 rings (SSSR count). The number of halogens is 1. The van der Waals surface area contributed by atoms with Crippen LogP contribution in [0.5, 0.6) is 0 Å². The van der Waals surface area contributed by atoms with E-state index in [0.29, 0.717) is 6.61 Å². The van der Waals surface area contributed by atoms with Crippen molar-refractivity contribution in [2.75, 3.05) is 6.61 Å². The van der Waals surface area contributed by atoms with Gasteiger partial charge < -0.3 is 4.74 Å². The maximum absolute atomic E-state index is 11.9. The van der Waals surface area contributed by atoms with E-state index in [0.717, 1.165) is 17.0 Å². The van der Waals surface area contributed by atoms with Crippen LogP contribution in [-0.2, 0) is 16.0 Å². The van der Waals surface area contributed by atoms with Crippen LogP contribution in [0.2, 0.25) is 5.02 Å². The van der Waals surface area contributed by atoms with Crippen LogP contribution in [0.4, 0.5) is 0 Å². The van der Waals surface area contributed by atoms with Crippen molar-refractivity contribution in [1.29, 1.82) is 0 Å². The van der Waals surface area contributed by atoms with Crippen molar-refractivity contribution in [1.82, 2.24) is 0 Å². The Morgan fingerprint density at radius 2 is 2.00 bits per heavy atom. The Morgan fingerprint density at radius 1 is 1.38 bits per heavy atom. The molecule has 16 heavy (non-hydrogen) atoms. The van der Waals surface area contributed by atoms with Crippen LogP contribution in [0, 0.1) is 5.92 Å². The predicted octanol–water partition coefficient (Wildman–Crippen LogP) is 2.88. The van der Waals surface area contributed by atoms with Crippen LogP contribution in [0.1, 0.15) is 19.4 Å². The van der Waals surface area contributed by atoms with Gasteiger partial charge in [0.15, 0.2) is 5.78 Å². The summed E-state index contributed by atoms with van der Waals surface area (Å²) in [5, 5.41) is 0.720. The Morgan fingerprint density at radius 3 is 2.50 bits per heavy atom. The summed E-state index contributed by atoms with van der Waals surface area (Å²) in [6.07, 6.45) is 0.736. The van der Waals surface area contributed by atoms with E-state index in [1.165, 1.54) is 0 Å². The third-order valence-corrected chi connectivity index (χ3v) is 3.26. The van der Waals surface area contributed by atoms with Crippen molar-refractivity contribution in [2.45, 2.75) is 25.9 Å². The molecule has 1 aromatic rings. The molecule has 3 heteroatoms. The Kier molecular flexibility index (Phi) is 3.04. The normalized spacial score (nSPS) is 23.7. The van der Waals surface area contributed by atoms with Gasteiger partial charge in [-0.15, -0.1) is 0 Å². The van der Waals surface area contributed by atoms with E-state index >= 15 is 0 Å². The first-order valence-electron chi connectivity index (χ1n) is 5.42. The molecule has 86 valence electrons. The van der Waals surface area contributed by atoms with Gasteiger partial charge in [-0.1, -0.05) is 23.7 Å². The van der Waals surface area contributed by atoms with E-state index in [4.69, 9.17) is 16.3 Å². The number of Topliss-reactive ketones (excluding diaryl/α,β-unsaturated/α-hetero) is 1. The molecule has 1 aliphatic heterocycles. The molecule has 1 fully saturated rings. The van der Waals surface area contributed by atoms with Crippen LogP contribution in [-0.4, -0.2) is 18.0 Å². The van der Waals surface area contributed by atoms with Crippen molar-refractivity contribution in [3.8, 4) is 0 Å². The summed E-state index contributed by atoms with van der Waals surface area (Å²) < 4.78 is 5.49. The zero-order valence-corrected chi connectivity index (χ0v) is 10.3. The van der Waals surface area contributed by atoms with Crippen molar-refractivity contribution in [3.63, 3.8) is 0 Å². The van der Waals surface area contributed by atoms with Gasteiger partial charge in [-0.3, -0.25) is 4.79 Å². The van der Waals surface area contributed by atoms with E-state index in [1.54, 1.807) is 0 Å². The van der Waals surface area contributed by atoms with Crippen LogP contribution in [0.15, 0.2) is 24.3 Å². The van der Waals surface area contributed by atoms with Crippen molar-refractivity contribution >= 4 is 17.4 Å². The molecule has 0 aromatic heterocycles. The second kappa shape index (κ2) is 4.19. The molecule has 0 radical (unpaired) electrons. The fraction of sp³-hybridized carbons (Fsp3) is 0.462. The second-order valence-electron chi connectivity index (χ2n) is 4.71. The number of rotatable bonds is 2. The maximum atomic E-state index is 11.9. The van der Waals surface area contributed by atoms with E-state index in [9.17, 15) is 4.79 Å². The number of hydrogen-bond acceptors (Lipinski definition) is 2. The van der Waals surface area contributed by atoms with E-state index < -0.39 is 5.60 Å². The molecule has 1 heterocycles. The SMILES string of the molecule is CC1(C)OCC(Cc2ccc(Cl)cc2)C1=O. The van der Waals surface area contributed by atoms with Crippen LogP contribution < -0.4 is 0 Å². The average molecular weight is 239 g/mol. The molecule has 1 saturated heterocycles. The number of ether oxygens (including phenoxy) is 1. The molecule has 0 saturated carbocycles. The fourth-order valence-electron chi connectivity index (χ4n) is 2.00.